The van der Waals surface area contributed by atoms with Crippen LogP contribution in [-0.4, -0.2) is 21.9 Å². The average molecular weight is 520 g/mol. The van der Waals surface area contributed by atoms with Gasteiger partial charge in [-0.2, -0.15) is 0 Å². The van der Waals surface area contributed by atoms with Gasteiger partial charge in [0.15, 0.2) is 0 Å². The summed E-state index contributed by atoms with van der Waals surface area (Å²) in [4.78, 5) is 28.3. The summed E-state index contributed by atoms with van der Waals surface area (Å²) in [6.45, 7) is 6.10. The molecule has 1 atom stereocenters. The standard InChI is InChI=1S/C33H29NO5/c1-20-9-15-27(21(2)17-20)34-30(24-10-13-26(35)14-11-24)29(32(37)33(34)38)31(36)25-12-16-28(22(3)18-25)39-19-23-7-5-4-6-8-23/h4-18,30,35-36H,19H2,1-3H3/b31-29+. The second kappa shape index (κ2) is 10.5. The van der Waals surface area contributed by atoms with Gasteiger partial charge in [0, 0.05) is 11.3 Å². The van der Waals surface area contributed by atoms with E-state index in [1.807, 2.05) is 69.3 Å². The van der Waals surface area contributed by atoms with Gasteiger partial charge >= 0.3 is 0 Å². The fourth-order valence-corrected chi connectivity index (χ4v) is 4.98. The van der Waals surface area contributed by atoms with Crippen LogP contribution in [0, 0.1) is 20.8 Å². The maximum absolute atomic E-state index is 13.5. The highest BCUT2D eigenvalue weighted by atomic mass is 16.5. The van der Waals surface area contributed by atoms with Crippen LogP contribution in [0.2, 0.25) is 0 Å². The van der Waals surface area contributed by atoms with E-state index in [0.717, 1.165) is 22.3 Å². The number of aliphatic hydroxyl groups excluding tert-OH is 1. The summed E-state index contributed by atoms with van der Waals surface area (Å²) in [5, 5.41) is 21.4. The first-order valence-electron chi connectivity index (χ1n) is 12.7. The van der Waals surface area contributed by atoms with Crippen LogP contribution < -0.4 is 9.64 Å². The highest BCUT2D eigenvalue weighted by molar-refractivity contribution is 6.51. The predicted molar refractivity (Wildman–Crippen MR) is 151 cm³/mol. The summed E-state index contributed by atoms with van der Waals surface area (Å²) < 4.78 is 5.97. The molecule has 0 aromatic heterocycles. The Kier molecular flexibility index (Phi) is 6.94. The highest BCUT2D eigenvalue weighted by Gasteiger charge is 2.47. The predicted octanol–water partition coefficient (Wildman–Crippen LogP) is 6.52. The summed E-state index contributed by atoms with van der Waals surface area (Å²) in [7, 11) is 0. The van der Waals surface area contributed by atoms with E-state index in [2.05, 4.69) is 0 Å². The Morgan fingerprint density at radius 3 is 2.23 bits per heavy atom. The number of benzene rings is 4. The Hall–Kier alpha value is -4.84. The van der Waals surface area contributed by atoms with Crippen molar-refractivity contribution in [3.8, 4) is 11.5 Å². The molecule has 4 aromatic rings. The number of hydrogen-bond donors (Lipinski definition) is 2. The summed E-state index contributed by atoms with van der Waals surface area (Å²) in [5.74, 6) is -1.05. The van der Waals surface area contributed by atoms with Crippen molar-refractivity contribution < 1.29 is 24.5 Å². The molecule has 1 fully saturated rings. The molecule has 0 saturated carbocycles. The molecule has 5 rings (SSSR count). The first-order chi connectivity index (χ1) is 18.7. The molecule has 1 aliphatic rings. The number of carbonyl (C=O) groups excluding carboxylic acids is 2. The minimum Gasteiger partial charge on any atom is -0.508 e. The van der Waals surface area contributed by atoms with E-state index >= 15 is 0 Å². The fraction of sp³-hybridized carbons (Fsp3) is 0.152. The Morgan fingerprint density at radius 2 is 1.56 bits per heavy atom. The first-order valence-corrected chi connectivity index (χ1v) is 12.7. The van der Waals surface area contributed by atoms with Crippen molar-refractivity contribution in [3.05, 3.63) is 130 Å². The highest BCUT2D eigenvalue weighted by Crippen LogP contribution is 2.43. The second-order valence-corrected chi connectivity index (χ2v) is 9.81. The Labute approximate surface area is 227 Å². The summed E-state index contributed by atoms with van der Waals surface area (Å²) >= 11 is 0. The number of ether oxygens (including phenoxy) is 1. The van der Waals surface area contributed by atoms with Gasteiger partial charge in [0.1, 0.15) is 23.9 Å². The van der Waals surface area contributed by atoms with E-state index in [9.17, 15) is 19.8 Å². The SMILES string of the molecule is Cc1ccc(N2C(=O)C(=O)/C(=C(/O)c3ccc(OCc4ccccc4)c(C)c3)C2c2ccc(O)cc2)c(C)c1. The van der Waals surface area contributed by atoms with E-state index in [4.69, 9.17) is 4.74 Å². The molecule has 6 nitrogen and oxygen atoms in total. The number of phenols is 1. The Balaban J connectivity index is 1.57. The number of aromatic hydroxyl groups is 1. The number of aryl methyl sites for hydroxylation is 3. The number of hydrogen-bond acceptors (Lipinski definition) is 5. The molecule has 1 amide bonds. The molecule has 0 spiro atoms. The van der Waals surface area contributed by atoms with Crippen molar-refractivity contribution in [2.24, 2.45) is 0 Å². The van der Waals surface area contributed by atoms with E-state index in [0.29, 0.717) is 29.2 Å². The third-order valence-corrected chi connectivity index (χ3v) is 6.95. The Morgan fingerprint density at radius 1 is 0.846 bits per heavy atom. The molecular formula is C33H29NO5. The molecule has 4 aromatic carbocycles. The van der Waals surface area contributed by atoms with Crippen molar-refractivity contribution in [1.29, 1.82) is 0 Å². The number of nitrogens with zero attached hydrogens (tertiary/aromatic N) is 1. The summed E-state index contributed by atoms with van der Waals surface area (Å²) in [6, 6.07) is 26.1. The molecule has 0 radical (unpaired) electrons. The quantitative estimate of drug-likeness (QED) is 0.172. The molecule has 1 saturated heterocycles. The van der Waals surface area contributed by atoms with Gasteiger partial charge in [-0.15, -0.1) is 0 Å². The summed E-state index contributed by atoms with van der Waals surface area (Å²) in [6.07, 6.45) is 0. The van der Waals surface area contributed by atoms with Crippen LogP contribution in [-0.2, 0) is 16.2 Å². The van der Waals surface area contributed by atoms with Crippen LogP contribution in [0.1, 0.15) is 39.4 Å². The number of ketones is 1. The van der Waals surface area contributed by atoms with Crippen molar-refractivity contribution >= 4 is 23.1 Å². The third kappa shape index (κ3) is 5.01. The molecule has 1 unspecified atom stereocenters. The van der Waals surface area contributed by atoms with Gasteiger partial charge in [-0.05, 0) is 79.4 Å². The monoisotopic (exact) mass is 519 g/mol. The largest absolute Gasteiger partial charge is 0.508 e. The van der Waals surface area contributed by atoms with Crippen LogP contribution in [0.3, 0.4) is 0 Å². The van der Waals surface area contributed by atoms with E-state index in [1.54, 1.807) is 30.3 Å². The van der Waals surface area contributed by atoms with Gasteiger partial charge in [0.2, 0.25) is 0 Å². The summed E-state index contributed by atoms with van der Waals surface area (Å²) in [5.41, 5.74) is 5.23. The van der Waals surface area contributed by atoms with Gasteiger partial charge in [0.25, 0.3) is 11.7 Å². The van der Waals surface area contributed by atoms with Gasteiger partial charge < -0.3 is 14.9 Å². The number of Topliss-reactive ketones (excluding diaryl/α,β-unsaturated/α-hetero) is 1. The van der Waals surface area contributed by atoms with E-state index in [1.165, 1.54) is 17.0 Å². The first kappa shape index (κ1) is 25.8. The van der Waals surface area contributed by atoms with Gasteiger partial charge in [-0.25, -0.2) is 0 Å². The maximum Gasteiger partial charge on any atom is 0.300 e. The smallest absolute Gasteiger partial charge is 0.300 e. The minimum absolute atomic E-state index is 0.0111. The normalized spacial score (nSPS) is 16.5. The zero-order valence-corrected chi connectivity index (χ0v) is 22.0. The van der Waals surface area contributed by atoms with Crippen molar-refractivity contribution in [3.63, 3.8) is 0 Å². The second-order valence-electron chi connectivity index (χ2n) is 9.81. The maximum atomic E-state index is 13.5. The van der Waals surface area contributed by atoms with Gasteiger partial charge in [0.05, 0.1) is 11.6 Å². The molecule has 6 heteroatoms. The number of carbonyl (C=O) groups is 2. The topological polar surface area (TPSA) is 87.1 Å². The van der Waals surface area contributed by atoms with E-state index in [-0.39, 0.29) is 17.1 Å². The number of phenolic OH excluding ortho intramolecular Hbond substituents is 1. The van der Waals surface area contributed by atoms with E-state index < -0.39 is 17.7 Å². The number of anilines is 1. The molecule has 0 bridgehead atoms. The van der Waals surface area contributed by atoms with Crippen LogP contribution in [0.25, 0.3) is 5.76 Å². The van der Waals surface area contributed by atoms with Crippen molar-refractivity contribution in [2.45, 2.75) is 33.4 Å². The molecule has 196 valence electrons. The van der Waals surface area contributed by atoms with Crippen molar-refractivity contribution in [1.82, 2.24) is 0 Å². The molecule has 2 N–H and O–H groups in total. The van der Waals surface area contributed by atoms with Crippen LogP contribution in [0.5, 0.6) is 11.5 Å². The fourth-order valence-electron chi connectivity index (χ4n) is 4.98. The lowest BCUT2D eigenvalue weighted by molar-refractivity contribution is -0.132. The zero-order chi connectivity index (χ0) is 27.7. The zero-order valence-electron chi connectivity index (χ0n) is 22.0. The lowest BCUT2D eigenvalue weighted by atomic mass is 9.94. The molecule has 1 aliphatic heterocycles. The lowest BCUT2D eigenvalue weighted by Gasteiger charge is -2.27. The van der Waals surface area contributed by atoms with Gasteiger partial charge in [-0.3, -0.25) is 14.5 Å². The number of amides is 1. The molecule has 39 heavy (non-hydrogen) atoms. The Bertz CT molecular complexity index is 1590. The van der Waals surface area contributed by atoms with Gasteiger partial charge in [-0.1, -0.05) is 60.2 Å². The van der Waals surface area contributed by atoms with Crippen LogP contribution >= 0.6 is 0 Å². The third-order valence-electron chi connectivity index (χ3n) is 6.95. The lowest BCUT2D eigenvalue weighted by Crippen LogP contribution is -2.30. The average Bonchev–Trinajstić information content (AvgIpc) is 3.18. The van der Waals surface area contributed by atoms with Crippen LogP contribution in [0.15, 0.2) is 96.6 Å². The van der Waals surface area contributed by atoms with Crippen LogP contribution in [0.4, 0.5) is 5.69 Å². The molecule has 0 aliphatic carbocycles. The molecular weight excluding hydrogens is 490 g/mol. The number of rotatable bonds is 6. The molecule has 1 heterocycles. The number of aliphatic hydroxyl groups is 1. The minimum atomic E-state index is -0.874. The van der Waals surface area contributed by atoms with Crippen molar-refractivity contribution in [2.75, 3.05) is 4.90 Å².